The maximum absolute atomic E-state index is 13.3. The molecule has 0 atom stereocenters. The zero-order chi connectivity index (χ0) is 13.2. The number of hydrogen-bond donors (Lipinski definition) is 0. The first-order valence-corrected chi connectivity index (χ1v) is 5.01. The summed E-state index contributed by atoms with van der Waals surface area (Å²) in [5.74, 6) is -3.17. The maximum atomic E-state index is 13.3. The Kier molecular flexibility index (Phi) is 3.70. The number of ether oxygens (including phenoxy) is 2. The number of halogens is 2. The van der Waals surface area contributed by atoms with E-state index in [1.54, 1.807) is 20.8 Å². The number of carbonyl (C=O) groups is 1. The molecular weight excluding hydrogens is 230 g/mol. The van der Waals surface area contributed by atoms with Crippen LogP contribution in [0.15, 0.2) is 12.1 Å². The first-order valence-electron chi connectivity index (χ1n) is 5.01. The number of hydrogen-bond acceptors (Lipinski definition) is 3. The molecule has 0 heterocycles. The summed E-state index contributed by atoms with van der Waals surface area (Å²) in [5.41, 5.74) is -0.903. The van der Waals surface area contributed by atoms with Crippen molar-refractivity contribution in [1.82, 2.24) is 0 Å². The number of rotatable bonds is 2. The molecule has 0 unspecified atom stereocenters. The Bertz CT molecular complexity index is 413. The van der Waals surface area contributed by atoms with Crippen molar-refractivity contribution in [2.45, 2.75) is 26.4 Å². The van der Waals surface area contributed by atoms with Gasteiger partial charge in [-0.25, -0.2) is 13.6 Å². The van der Waals surface area contributed by atoms with Crippen LogP contribution in [-0.2, 0) is 4.74 Å². The van der Waals surface area contributed by atoms with Crippen LogP contribution < -0.4 is 4.74 Å². The van der Waals surface area contributed by atoms with E-state index in [-0.39, 0.29) is 5.56 Å². The Morgan fingerprint density at radius 1 is 1.18 bits per heavy atom. The molecule has 0 fully saturated rings. The fraction of sp³-hybridized carbons (Fsp3) is 0.417. The van der Waals surface area contributed by atoms with Gasteiger partial charge < -0.3 is 9.47 Å². The van der Waals surface area contributed by atoms with Crippen LogP contribution in [0.3, 0.4) is 0 Å². The largest absolute Gasteiger partial charge is 0.491 e. The Balaban J connectivity index is 3.05. The molecule has 0 N–H and O–H groups in total. The van der Waals surface area contributed by atoms with E-state index in [0.717, 1.165) is 19.2 Å². The number of esters is 1. The summed E-state index contributed by atoms with van der Waals surface area (Å²) in [6.07, 6.45) is 0. The van der Waals surface area contributed by atoms with Gasteiger partial charge in [-0.3, -0.25) is 0 Å². The highest BCUT2D eigenvalue weighted by atomic mass is 19.1. The Labute approximate surface area is 98.3 Å². The quantitative estimate of drug-likeness (QED) is 0.750. The van der Waals surface area contributed by atoms with Crippen LogP contribution in [0.5, 0.6) is 5.75 Å². The van der Waals surface area contributed by atoms with Gasteiger partial charge in [-0.1, -0.05) is 0 Å². The van der Waals surface area contributed by atoms with Gasteiger partial charge in [0.05, 0.1) is 12.7 Å². The molecule has 0 aliphatic carbocycles. The van der Waals surface area contributed by atoms with E-state index in [0.29, 0.717) is 0 Å². The van der Waals surface area contributed by atoms with Gasteiger partial charge in [0, 0.05) is 0 Å². The molecule has 1 rings (SSSR count). The van der Waals surface area contributed by atoms with E-state index in [1.165, 1.54) is 0 Å². The summed E-state index contributed by atoms with van der Waals surface area (Å²) in [7, 11) is 1.15. The van der Waals surface area contributed by atoms with E-state index >= 15 is 0 Å². The van der Waals surface area contributed by atoms with Crippen LogP contribution in [0.25, 0.3) is 0 Å². The monoisotopic (exact) mass is 244 g/mol. The Morgan fingerprint density at radius 3 is 2.00 bits per heavy atom. The van der Waals surface area contributed by atoms with E-state index in [2.05, 4.69) is 4.74 Å². The summed E-state index contributed by atoms with van der Waals surface area (Å²) in [5, 5.41) is 0. The molecule has 0 amide bonds. The van der Waals surface area contributed by atoms with Crippen molar-refractivity contribution in [3.05, 3.63) is 29.3 Å². The second-order valence-corrected chi connectivity index (χ2v) is 4.48. The predicted molar refractivity (Wildman–Crippen MR) is 58.1 cm³/mol. The fourth-order valence-electron chi connectivity index (χ4n) is 1.21. The lowest BCUT2D eigenvalue weighted by Gasteiger charge is -2.19. The molecule has 1 aromatic carbocycles. The summed E-state index contributed by atoms with van der Waals surface area (Å²) in [4.78, 5) is 11.6. The lowest BCUT2D eigenvalue weighted by Crippen LogP contribution is -2.24. The van der Waals surface area contributed by atoms with Crippen molar-refractivity contribution in [2.24, 2.45) is 0 Å². The molecule has 0 aliphatic heterocycles. The SMILES string of the molecule is COc1c(F)cc(C(=O)OC(C)(C)C)cc1F. The van der Waals surface area contributed by atoms with Crippen molar-refractivity contribution >= 4 is 5.97 Å². The molecule has 0 bridgehead atoms. The molecule has 0 aliphatic rings. The van der Waals surface area contributed by atoms with Gasteiger partial charge >= 0.3 is 5.97 Å². The smallest absolute Gasteiger partial charge is 0.338 e. The molecule has 0 saturated heterocycles. The fourth-order valence-corrected chi connectivity index (χ4v) is 1.21. The van der Waals surface area contributed by atoms with E-state index in [4.69, 9.17) is 4.74 Å². The summed E-state index contributed by atoms with van der Waals surface area (Å²) >= 11 is 0. The summed E-state index contributed by atoms with van der Waals surface area (Å²) in [6.45, 7) is 5.00. The highest BCUT2D eigenvalue weighted by Gasteiger charge is 2.21. The third kappa shape index (κ3) is 3.41. The van der Waals surface area contributed by atoms with Crippen LogP contribution >= 0.6 is 0 Å². The second-order valence-electron chi connectivity index (χ2n) is 4.48. The normalized spacial score (nSPS) is 11.2. The minimum atomic E-state index is -0.937. The topological polar surface area (TPSA) is 35.5 Å². The Morgan fingerprint density at radius 2 is 1.65 bits per heavy atom. The van der Waals surface area contributed by atoms with Crippen molar-refractivity contribution in [1.29, 1.82) is 0 Å². The third-order valence-corrected chi connectivity index (χ3v) is 1.84. The molecule has 0 spiro atoms. The van der Waals surface area contributed by atoms with Gasteiger partial charge in [0.2, 0.25) is 0 Å². The number of carbonyl (C=O) groups excluding carboxylic acids is 1. The van der Waals surface area contributed by atoms with Gasteiger partial charge in [0.15, 0.2) is 17.4 Å². The molecule has 3 nitrogen and oxygen atoms in total. The van der Waals surface area contributed by atoms with Gasteiger partial charge in [-0.15, -0.1) is 0 Å². The second kappa shape index (κ2) is 4.69. The van der Waals surface area contributed by atoms with Crippen LogP contribution in [0.1, 0.15) is 31.1 Å². The zero-order valence-electron chi connectivity index (χ0n) is 10.1. The first-order chi connectivity index (χ1) is 7.74. The molecular formula is C12H14F2O3. The summed E-state index contributed by atoms with van der Waals surface area (Å²) < 4.78 is 36.2. The maximum Gasteiger partial charge on any atom is 0.338 e. The molecule has 0 radical (unpaired) electrons. The Hall–Kier alpha value is -1.65. The van der Waals surface area contributed by atoms with E-state index < -0.39 is 29.0 Å². The average Bonchev–Trinajstić information content (AvgIpc) is 2.14. The highest BCUT2D eigenvalue weighted by Crippen LogP contribution is 2.24. The van der Waals surface area contributed by atoms with E-state index in [9.17, 15) is 13.6 Å². The molecule has 0 aromatic heterocycles. The molecule has 94 valence electrons. The van der Waals surface area contributed by atoms with Gasteiger partial charge in [-0.2, -0.15) is 0 Å². The lowest BCUT2D eigenvalue weighted by molar-refractivity contribution is 0.00683. The van der Waals surface area contributed by atoms with Crippen molar-refractivity contribution in [2.75, 3.05) is 7.11 Å². The minimum Gasteiger partial charge on any atom is -0.491 e. The molecule has 0 saturated carbocycles. The van der Waals surface area contributed by atoms with Gasteiger partial charge in [-0.05, 0) is 32.9 Å². The number of benzene rings is 1. The van der Waals surface area contributed by atoms with Gasteiger partial charge in [0.1, 0.15) is 5.60 Å². The van der Waals surface area contributed by atoms with Crippen molar-refractivity contribution in [3.8, 4) is 5.75 Å². The lowest BCUT2D eigenvalue weighted by atomic mass is 10.1. The van der Waals surface area contributed by atoms with E-state index in [1.807, 2.05) is 0 Å². The standard InChI is InChI=1S/C12H14F2O3/c1-12(2,3)17-11(15)7-5-8(13)10(16-4)9(14)6-7/h5-6H,1-4H3. The van der Waals surface area contributed by atoms with Crippen LogP contribution in [-0.4, -0.2) is 18.7 Å². The predicted octanol–water partition coefficient (Wildman–Crippen LogP) is 2.93. The first kappa shape index (κ1) is 13.4. The molecule has 17 heavy (non-hydrogen) atoms. The number of methoxy groups -OCH3 is 1. The van der Waals surface area contributed by atoms with Gasteiger partial charge in [0.25, 0.3) is 0 Å². The third-order valence-electron chi connectivity index (χ3n) is 1.84. The summed E-state index contributed by atoms with van der Waals surface area (Å²) in [6, 6.07) is 1.77. The zero-order valence-corrected chi connectivity index (χ0v) is 10.1. The van der Waals surface area contributed by atoms with Crippen molar-refractivity contribution in [3.63, 3.8) is 0 Å². The van der Waals surface area contributed by atoms with Crippen LogP contribution in [0, 0.1) is 11.6 Å². The van der Waals surface area contributed by atoms with Crippen LogP contribution in [0.2, 0.25) is 0 Å². The average molecular weight is 244 g/mol. The molecule has 5 heteroatoms. The van der Waals surface area contributed by atoms with Crippen LogP contribution in [0.4, 0.5) is 8.78 Å². The van der Waals surface area contributed by atoms with Crippen molar-refractivity contribution < 1.29 is 23.0 Å². The molecule has 1 aromatic rings. The highest BCUT2D eigenvalue weighted by molar-refractivity contribution is 5.89. The minimum absolute atomic E-state index is 0.185.